The second kappa shape index (κ2) is 5.68. The molecule has 7 heteroatoms. The summed E-state index contributed by atoms with van der Waals surface area (Å²) in [5.74, 6) is 0. The lowest BCUT2D eigenvalue weighted by Gasteiger charge is -2.10. The highest BCUT2D eigenvalue weighted by Gasteiger charge is 2.32. The molecule has 1 rings (SSSR count). The van der Waals surface area contributed by atoms with Crippen LogP contribution in [0.15, 0.2) is 12.4 Å². The first-order valence-corrected chi connectivity index (χ1v) is 5.20. The van der Waals surface area contributed by atoms with Gasteiger partial charge >= 0.3 is 6.18 Å². The van der Waals surface area contributed by atoms with Gasteiger partial charge in [0.05, 0.1) is 24.4 Å². The molecule has 17 heavy (non-hydrogen) atoms. The maximum Gasteiger partial charge on any atom is 0.419 e. The van der Waals surface area contributed by atoms with Gasteiger partial charge < -0.3 is 5.32 Å². The van der Waals surface area contributed by atoms with Gasteiger partial charge in [0.25, 0.3) is 0 Å². The SMILES string of the molecule is CCCNC(C#N)Cn1cc(C(F)(F)F)cn1. The van der Waals surface area contributed by atoms with Crippen molar-refractivity contribution >= 4 is 0 Å². The van der Waals surface area contributed by atoms with Gasteiger partial charge in [0.1, 0.15) is 6.04 Å². The van der Waals surface area contributed by atoms with Crippen LogP contribution in [0.3, 0.4) is 0 Å². The van der Waals surface area contributed by atoms with E-state index in [4.69, 9.17) is 5.26 Å². The van der Waals surface area contributed by atoms with Crippen molar-refractivity contribution in [2.75, 3.05) is 6.54 Å². The maximum absolute atomic E-state index is 12.3. The Balaban J connectivity index is 2.62. The number of nitrogens with zero attached hydrogens (tertiary/aromatic N) is 3. The fourth-order valence-electron chi connectivity index (χ4n) is 1.27. The van der Waals surface area contributed by atoms with Crippen LogP contribution in [0, 0.1) is 11.3 Å². The zero-order valence-corrected chi connectivity index (χ0v) is 9.33. The molecular weight excluding hydrogens is 233 g/mol. The zero-order chi connectivity index (χ0) is 12.9. The Kier molecular flexibility index (Phi) is 4.52. The fraction of sp³-hybridized carbons (Fsp3) is 0.600. The van der Waals surface area contributed by atoms with Crippen LogP contribution in [0.1, 0.15) is 18.9 Å². The quantitative estimate of drug-likeness (QED) is 0.861. The smallest absolute Gasteiger partial charge is 0.300 e. The molecule has 1 N–H and O–H groups in total. The molecule has 4 nitrogen and oxygen atoms in total. The van der Waals surface area contributed by atoms with Crippen molar-refractivity contribution in [2.24, 2.45) is 0 Å². The summed E-state index contributed by atoms with van der Waals surface area (Å²) in [6.45, 7) is 2.69. The second-order valence-electron chi connectivity index (χ2n) is 3.58. The highest BCUT2D eigenvalue weighted by molar-refractivity contribution is 5.08. The molecule has 0 saturated heterocycles. The number of aromatic nitrogens is 2. The monoisotopic (exact) mass is 246 g/mol. The first-order valence-electron chi connectivity index (χ1n) is 5.20. The molecule has 1 heterocycles. The third kappa shape index (κ3) is 4.07. The minimum absolute atomic E-state index is 0.104. The first kappa shape index (κ1) is 13.5. The van der Waals surface area contributed by atoms with E-state index < -0.39 is 17.8 Å². The van der Waals surface area contributed by atoms with E-state index in [9.17, 15) is 13.2 Å². The molecule has 0 bridgehead atoms. The summed E-state index contributed by atoms with van der Waals surface area (Å²) in [4.78, 5) is 0. The minimum atomic E-state index is -4.39. The molecule has 0 aliphatic rings. The number of nitrogens with one attached hydrogen (secondary N) is 1. The van der Waals surface area contributed by atoms with Crippen LogP contribution in [-0.4, -0.2) is 22.4 Å². The Labute approximate surface area is 97.0 Å². The van der Waals surface area contributed by atoms with Crippen molar-refractivity contribution in [1.82, 2.24) is 15.1 Å². The van der Waals surface area contributed by atoms with Crippen LogP contribution < -0.4 is 5.32 Å². The highest BCUT2D eigenvalue weighted by atomic mass is 19.4. The lowest BCUT2D eigenvalue weighted by molar-refractivity contribution is -0.137. The van der Waals surface area contributed by atoms with E-state index in [-0.39, 0.29) is 6.54 Å². The predicted molar refractivity (Wildman–Crippen MR) is 54.9 cm³/mol. The third-order valence-corrected chi connectivity index (χ3v) is 2.13. The molecule has 1 unspecified atom stereocenters. The molecule has 0 aromatic carbocycles. The molecule has 0 spiro atoms. The van der Waals surface area contributed by atoms with E-state index in [1.807, 2.05) is 13.0 Å². The summed E-state index contributed by atoms with van der Waals surface area (Å²) in [7, 11) is 0. The van der Waals surface area contributed by atoms with Crippen molar-refractivity contribution in [3.05, 3.63) is 18.0 Å². The van der Waals surface area contributed by atoms with Crippen molar-refractivity contribution in [2.45, 2.75) is 32.1 Å². The molecule has 94 valence electrons. The lowest BCUT2D eigenvalue weighted by atomic mass is 10.3. The molecular formula is C10H13F3N4. The maximum atomic E-state index is 12.3. The Morgan fingerprint density at radius 3 is 2.76 bits per heavy atom. The molecule has 0 radical (unpaired) electrons. The topological polar surface area (TPSA) is 53.6 Å². The van der Waals surface area contributed by atoms with Crippen molar-refractivity contribution in [1.29, 1.82) is 5.26 Å². The molecule has 0 saturated carbocycles. The molecule has 0 aliphatic heterocycles. The Morgan fingerprint density at radius 1 is 1.59 bits per heavy atom. The number of hydrogen-bond donors (Lipinski definition) is 1. The van der Waals surface area contributed by atoms with Gasteiger partial charge in [-0.3, -0.25) is 4.68 Å². The van der Waals surface area contributed by atoms with Gasteiger partial charge in [-0.1, -0.05) is 6.92 Å². The summed E-state index contributed by atoms with van der Waals surface area (Å²) < 4.78 is 38.0. The zero-order valence-electron chi connectivity index (χ0n) is 9.33. The number of hydrogen-bond acceptors (Lipinski definition) is 3. The Hall–Kier alpha value is -1.55. The van der Waals surface area contributed by atoms with E-state index in [0.717, 1.165) is 23.5 Å². The normalized spacial score (nSPS) is 13.4. The van der Waals surface area contributed by atoms with Gasteiger partial charge in [-0.05, 0) is 13.0 Å². The molecule has 0 aliphatic carbocycles. The summed E-state index contributed by atoms with van der Waals surface area (Å²) >= 11 is 0. The van der Waals surface area contributed by atoms with E-state index in [0.29, 0.717) is 6.54 Å². The average Bonchev–Trinajstić information content (AvgIpc) is 2.72. The molecule has 0 fully saturated rings. The van der Waals surface area contributed by atoms with Crippen LogP contribution in [0.5, 0.6) is 0 Å². The van der Waals surface area contributed by atoms with Crippen molar-refractivity contribution in [3.63, 3.8) is 0 Å². The number of halogens is 3. The molecule has 1 aromatic rings. The largest absolute Gasteiger partial charge is 0.419 e. The Bertz CT molecular complexity index is 391. The summed E-state index contributed by atoms with van der Waals surface area (Å²) in [5.41, 5.74) is -0.801. The van der Waals surface area contributed by atoms with Gasteiger partial charge in [-0.25, -0.2) is 0 Å². The summed E-state index contributed by atoms with van der Waals surface area (Å²) in [5, 5.41) is 15.3. The van der Waals surface area contributed by atoms with Crippen LogP contribution in [0.25, 0.3) is 0 Å². The third-order valence-electron chi connectivity index (χ3n) is 2.13. The second-order valence-corrected chi connectivity index (χ2v) is 3.58. The van der Waals surface area contributed by atoms with Crippen LogP contribution in [0.4, 0.5) is 13.2 Å². The van der Waals surface area contributed by atoms with E-state index in [1.54, 1.807) is 0 Å². The van der Waals surface area contributed by atoms with Gasteiger partial charge in [-0.2, -0.15) is 23.5 Å². The molecule has 1 aromatic heterocycles. The van der Waals surface area contributed by atoms with Crippen LogP contribution >= 0.6 is 0 Å². The molecule has 0 amide bonds. The number of alkyl halides is 3. The van der Waals surface area contributed by atoms with E-state index in [2.05, 4.69) is 10.4 Å². The fourth-order valence-corrected chi connectivity index (χ4v) is 1.27. The predicted octanol–water partition coefficient (Wildman–Crippen LogP) is 1.79. The van der Waals surface area contributed by atoms with Crippen molar-refractivity contribution < 1.29 is 13.2 Å². The van der Waals surface area contributed by atoms with Gasteiger partial charge in [0.2, 0.25) is 0 Å². The summed E-state index contributed by atoms with van der Waals surface area (Å²) in [6.07, 6.45) is -1.88. The Morgan fingerprint density at radius 2 is 2.29 bits per heavy atom. The standard InChI is InChI=1S/C10H13F3N4/c1-2-3-15-9(4-14)7-17-6-8(5-16-17)10(11,12)13/h5-6,9,15H,2-3,7H2,1H3. The number of rotatable bonds is 5. The van der Waals surface area contributed by atoms with Crippen LogP contribution in [-0.2, 0) is 12.7 Å². The average molecular weight is 246 g/mol. The highest BCUT2D eigenvalue weighted by Crippen LogP contribution is 2.28. The van der Waals surface area contributed by atoms with Crippen LogP contribution in [0.2, 0.25) is 0 Å². The lowest BCUT2D eigenvalue weighted by Crippen LogP contribution is -2.32. The van der Waals surface area contributed by atoms with Crippen molar-refractivity contribution in [3.8, 4) is 6.07 Å². The first-order chi connectivity index (χ1) is 7.97. The summed E-state index contributed by atoms with van der Waals surface area (Å²) in [6, 6.07) is 1.45. The van der Waals surface area contributed by atoms with Gasteiger partial charge in [-0.15, -0.1) is 0 Å². The van der Waals surface area contributed by atoms with Gasteiger partial charge in [0.15, 0.2) is 0 Å². The molecule has 1 atom stereocenters. The minimum Gasteiger partial charge on any atom is -0.300 e. The van der Waals surface area contributed by atoms with Gasteiger partial charge in [0, 0.05) is 6.20 Å². The number of nitriles is 1. The van der Waals surface area contributed by atoms with E-state index >= 15 is 0 Å². The van der Waals surface area contributed by atoms with E-state index in [1.165, 1.54) is 0 Å².